The van der Waals surface area contributed by atoms with Crippen LogP contribution in [0.4, 0.5) is 0 Å². The van der Waals surface area contributed by atoms with Gasteiger partial charge in [-0.25, -0.2) is 9.97 Å². The highest BCUT2D eigenvalue weighted by molar-refractivity contribution is 7.98. The molecule has 2 aromatic heterocycles. The Kier molecular flexibility index (Phi) is 6.56. The fourth-order valence-corrected chi connectivity index (χ4v) is 5.62. The van der Waals surface area contributed by atoms with Gasteiger partial charge in [-0.2, -0.15) is 0 Å². The maximum absolute atomic E-state index is 10.6. The average Bonchev–Trinajstić information content (AvgIpc) is 3.54. The molecule has 33 heavy (non-hydrogen) atoms. The lowest BCUT2D eigenvalue weighted by atomic mass is 10.0. The number of aliphatic hydroxyl groups is 2. The van der Waals surface area contributed by atoms with E-state index in [0.717, 1.165) is 38.2 Å². The molecule has 0 radical (unpaired) electrons. The molecule has 0 saturated carbocycles. The lowest BCUT2D eigenvalue weighted by Gasteiger charge is -2.15. The molecule has 0 bridgehead atoms. The van der Waals surface area contributed by atoms with Crippen LogP contribution in [0.5, 0.6) is 0 Å². The summed E-state index contributed by atoms with van der Waals surface area (Å²) < 4.78 is 7.69. The molecule has 1 fully saturated rings. The van der Waals surface area contributed by atoms with Gasteiger partial charge in [0.15, 0.2) is 6.23 Å². The van der Waals surface area contributed by atoms with Gasteiger partial charge in [0.2, 0.25) is 0 Å². The molecule has 1 aliphatic heterocycles. The van der Waals surface area contributed by atoms with Crippen molar-refractivity contribution < 1.29 is 14.9 Å². The molecule has 1 aliphatic rings. The molecular formula is C24H22ClN3O3S2. The van der Waals surface area contributed by atoms with Crippen LogP contribution in [-0.2, 0) is 10.5 Å². The summed E-state index contributed by atoms with van der Waals surface area (Å²) in [6, 6.07) is 15.6. The van der Waals surface area contributed by atoms with E-state index < -0.39 is 24.5 Å². The zero-order chi connectivity index (χ0) is 22.9. The number of halogens is 1. The molecule has 0 amide bonds. The minimum absolute atomic E-state index is 0.604. The average molecular weight is 500 g/mol. The first kappa shape index (κ1) is 22.6. The number of aromatic nitrogens is 3. The van der Waals surface area contributed by atoms with Gasteiger partial charge in [-0.05, 0) is 36.8 Å². The molecule has 2 N–H and O–H groups in total. The van der Waals surface area contributed by atoms with E-state index in [-0.39, 0.29) is 0 Å². The molecule has 3 heterocycles. The number of thiazole rings is 1. The van der Waals surface area contributed by atoms with Crippen LogP contribution in [0.15, 0.2) is 71.3 Å². The van der Waals surface area contributed by atoms with Gasteiger partial charge in [0.25, 0.3) is 0 Å². The summed E-state index contributed by atoms with van der Waals surface area (Å²) in [5, 5.41) is 24.8. The smallest absolute Gasteiger partial charge is 0.164 e. The van der Waals surface area contributed by atoms with Crippen LogP contribution in [-0.4, -0.2) is 37.0 Å². The highest BCUT2D eigenvalue weighted by Gasteiger charge is 2.44. The van der Waals surface area contributed by atoms with Gasteiger partial charge in [0, 0.05) is 32.8 Å². The number of thioether (sulfide) groups is 1. The van der Waals surface area contributed by atoms with Gasteiger partial charge >= 0.3 is 0 Å². The van der Waals surface area contributed by atoms with E-state index in [1.54, 1.807) is 40.2 Å². The van der Waals surface area contributed by atoms with Crippen molar-refractivity contribution in [2.75, 3.05) is 0 Å². The van der Waals surface area contributed by atoms with E-state index in [1.165, 1.54) is 0 Å². The fourth-order valence-electron chi connectivity index (χ4n) is 3.77. The van der Waals surface area contributed by atoms with Crippen LogP contribution < -0.4 is 0 Å². The third kappa shape index (κ3) is 4.87. The quantitative estimate of drug-likeness (QED) is 0.352. The van der Waals surface area contributed by atoms with Crippen molar-refractivity contribution in [2.45, 2.75) is 42.1 Å². The highest BCUT2D eigenvalue weighted by atomic mass is 35.5. The van der Waals surface area contributed by atoms with E-state index in [9.17, 15) is 10.2 Å². The van der Waals surface area contributed by atoms with Crippen LogP contribution in [0.25, 0.3) is 10.6 Å². The summed E-state index contributed by atoms with van der Waals surface area (Å²) in [7, 11) is 0. The van der Waals surface area contributed by atoms with Crippen LogP contribution in [0.2, 0.25) is 5.02 Å². The Morgan fingerprint density at radius 3 is 2.55 bits per heavy atom. The molecule has 5 rings (SSSR count). The number of rotatable bonds is 6. The number of aliphatic hydroxyl groups excluding tert-OH is 2. The first-order valence-electron chi connectivity index (χ1n) is 10.4. The minimum atomic E-state index is -1.03. The molecule has 6 nitrogen and oxygen atoms in total. The summed E-state index contributed by atoms with van der Waals surface area (Å²) >= 11 is 9.28. The van der Waals surface area contributed by atoms with Crippen molar-refractivity contribution in [2.24, 2.45) is 0 Å². The molecule has 0 aliphatic carbocycles. The van der Waals surface area contributed by atoms with Crippen molar-refractivity contribution in [3.63, 3.8) is 0 Å². The Hall–Kier alpha value is -2.20. The van der Waals surface area contributed by atoms with E-state index in [2.05, 4.69) is 10.4 Å². The fraction of sp³-hybridized carbons (Fsp3) is 0.250. The van der Waals surface area contributed by atoms with E-state index in [4.69, 9.17) is 21.3 Å². The number of ether oxygens (including phenoxy) is 1. The monoisotopic (exact) mass is 499 g/mol. The van der Waals surface area contributed by atoms with Crippen molar-refractivity contribution in [3.8, 4) is 10.6 Å². The van der Waals surface area contributed by atoms with E-state index in [1.807, 2.05) is 55.5 Å². The Labute approximate surface area is 204 Å². The zero-order valence-electron chi connectivity index (χ0n) is 17.7. The summed E-state index contributed by atoms with van der Waals surface area (Å²) in [5.74, 6) is 0.757. The molecule has 0 spiro atoms. The Morgan fingerprint density at radius 1 is 1.09 bits per heavy atom. The maximum Gasteiger partial charge on any atom is 0.164 e. The number of hydrogen-bond donors (Lipinski definition) is 2. The summed E-state index contributed by atoms with van der Waals surface area (Å²) in [6.45, 7) is 1.87. The van der Waals surface area contributed by atoms with Gasteiger partial charge in [-0.1, -0.05) is 35.9 Å². The van der Waals surface area contributed by atoms with Crippen molar-refractivity contribution >= 4 is 34.7 Å². The molecular weight excluding hydrogens is 478 g/mol. The van der Waals surface area contributed by atoms with Crippen molar-refractivity contribution in [3.05, 3.63) is 88.4 Å². The van der Waals surface area contributed by atoms with Gasteiger partial charge in [-0.15, -0.1) is 23.1 Å². The first-order valence-corrected chi connectivity index (χ1v) is 12.7. The minimum Gasteiger partial charge on any atom is -0.387 e. The Bertz CT molecular complexity index is 1230. The van der Waals surface area contributed by atoms with Crippen LogP contribution in [0, 0.1) is 6.92 Å². The molecule has 0 unspecified atom stereocenters. The van der Waals surface area contributed by atoms with Gasteiger partial charge < -0.3 is 19.5 Å². The first-order chi connectivity index (χ1) is 16.0. The van der Waals surface area contributed by atoms with E-state index in [0.29, 0.717) is 5.02 Å². The standard InChI is InChI=1S/C24H22ClN3O3S2/c1-14-10-28(13-26-14)24-21(30)20(29)22(31-24)15-4-8-19(9-5-15)32-11-18-12-33-23(27-18)16-2-6-17(25)7-3-16/h2-10,12-13,20-22,24,29-30H,11H2,1H3/t20-,21+,22+,24-/m1/s1. The molecule has 170 valence electrons. The second kappa shape index (κ2) is 9.58. The van der Waals surface area contributed by atoms with Crippen LogP contribution >= 0.6 is 34.7 Å². The van der Waals surface area contributed by atoms with Crippen LogP contribution in [0.1, 0.15) is 29.3 Å². The van der Waals surface area contributed by atoms with E-state index >= 15 is 0 Å². The number of hydrogen-bond acceptors (Lipinski definition) is 7. The summed E-state index contributed by atoms with van der Waals surface area (Å²) in [4.78, 5) is 10.00. The number of imidazole rings is 1. The maximum atomic E-state index is 10.6. The molecule has 2 aromatic carbocycles. The number of nitrogens with zero attached hydrogens (tertiary/aromatic N) is 3. The number of benzene rings is 2. The van der Waals surface area contributed by atoms with Crippen molar-refractivity contribution in [1.82, 2.24) is 14.5 Å². The van der Waals surface area contributed by atoms with Gasteiger partial charge in [0.1, 0.15) is 23.3 Å². The summed E-state index contributed by atoms with van der Waals surface area (Å²) in [6.07, 6.45) is 0.0793. The second-order valence-corrected chi connectivity index (χ2v) is 10.2. The second-order valence-electron chi connectivity index (χ2n) is 7.90. The topological polar surface area (TPSA) is 80.4 Å². The molecule has 9 heteroatoms. The SMILES string of the molecule is Cc1cn([C@@H]2O[C@@H](c3ccc(SCc4csc(-c5ccc(Cl)cc5)n4)cc3)[C@H](O)[C@@H]2O)cn1. The predicted molar refractivity (Wildman–Crippen MR) is 130 cm³/mol. The Balaban J connectivity index is 1.22. The molecule has 1 saturated heterocycles. The molecule has 4 atom stereocenters. The van der Waals surface area contributed by atoms with Crippen LogP contribution in [0.3, 0.4) is 0 Å². The van der Waals surface area contributed by atoms with Gasteiger partial charge in [0.05, 0.1) is 17.7 Å². The summed E-state index contributed by atoms with van der Waals surface area (Å²) in [5.41, 5.74) is 3.73. The predicted octanol–water partition coefficient (Wildman–Crippen LogP) is 5.25. The molecule has 4 aromatic rings. The van der Waals surface area contributed by atoms with Gasteiger partial charge in [-0.3, -0.25) is 0 Å². The van der Waals surface area contributed by atoms with Crippen molar-refractivity contribution in [1.29, 1.82) is 0 Å². The third-order valence-corrected chi connectivity index (χ3v) is 7.74. The lowest BCUT2D eigenvalue weighted by molar-refractivity contribution is -0.0380. The zero-order valence-corrected chi connectivity index (χ0v) is 20.1. The Morgan fingerprint density at radius 2 is 1.85 bits per heavy atom. The lowest BCUT2D eigenvalue weighted by Crippen LogP contribution is -2.28. The normalized spacial score (nSPS) is 22.7. The number of aryl methyl sites for hydroxylation is 1. The highest BCUT2D eigenvalue weighted by Crippen LogP contribution is 2.39. The largest absolute Gasteiger partial charge is 0.387 e. The third-order valence-electron chi connectivity index (χ3n) is 5.50.